The Kier molecular flexibility index (Phi) is 2.85. The van der Waals surface area contributed by atoms with Crippen LogP contribution in [0.3, 0.4) is 0 Å². The zero-order valence-corrected chi connectivity index (χ0v) is 9.58. The van der Waals surface area contributed by atoms with Crippen LogP contribution in [0.15, 0.2) is 0 Å². The molecule has 2 rings (SSSR count). The fraction of sp³-hybridized carbons (Fsp3) is 1.00. The molecule has 82 valence electrons. The highest BCUT2D eigenvalue weighted by atomic mass is 16.7. The summed E-state index contributed by atoms with van der Waals surface area (Å²) in [5.41, 5.74) is 0.417. The first-order valence-electron chi connectivity index (χ1n) is 5.80. The van der Waals surface area contributed by atoms with Crippen LogP contribution in [-0.2, 0) is 9.47 Å². The topological polar surface area (TPSA) is 18.5 Å². The van der Waals surface area contributed by atoms with Crippen molar-refractivity contribution in [3.05, 3.63) is 0 Å². The summed E-state index contributed by atoms with van der Waals surface area (Å²) in [6.07, 6.45) is 3.70. The molecule has 2 aliphatic rings. The van der Waals surface area contributed by atoms with Gasteiger partial charge in [-0.25, -0.2) is 0 Å². The van der Waals surface area contributed by atoms with Crippen LogP contribution in [0.2, 0.25) is 0 Å². The number of hydrogen-bond donors (Lipinski definition) is 0. The zero-order valence-electron chi connectivity index (χ0n) is 9.58. The van der Waals surface area contributed by atoms with Gasteiger partial charge >= 0.3 is 0 Å². The number of hydrogen-bond acceptors (Lipinski definition) is 2. The summed E-state index contributed by atoms with van der Waals surface area (Å²) in [6.45, 7) is 8.85. The van der Waals surface area contributed by atoms with Gasteiger partial charge in [0, 0.05) is 13.0 Å². The fourth-order valence-electron chi connectivity index (χ4n) is 2.90. The molecule has 2 bridgehead atoms. The van der Waals surface area contributed by atoms with Gasteiger partial charge in [0.1, 0.15) is 0 Å². The maximum Gasteiger partial charge on any atom is 0.157 e. The molecular weight excluding hydrogens is 176 g/mol. The number of fused-ring (bicyclic) bond motifs is 2. The Morgan fingerprint density at radius 1 is 1.14 bits per heavy atom. The number of ether oxygens (including phenoxy) is 2. The van der Waals surface area contributed by atoms with Crippen molar-refractivity contribution in [2.75, 3.05) is 13.2 Å². The van der Waals surface area contributed by atoms with Gasteiger partial charge in [0.2, 0.25) is 0 Å². The average Bonchev–Trinajstić information content (AvgIpc) is 2.46. The highest BCUT2D eigenvalue weighted by Gasteiger charge is 2.38. The first kappa shape index (κ1) is 10.4. The van der Waals surface area contributed by atoms with Crippen LogP contribution in [-0.4, -0.2) is 19.5 Å². The second kappa shape index (κ2) is 3.82. The summed E-state index contributed by atoms with van der Waals surface area (Å²) in [7, 11) is 0. The van der Waals surface area contributed by atoms with Crippen LogP contribution in [0.1, 0.15) is 40.0 Å². The predicted octanol–water partition coefficient (Wildman–Crippen LogP) is 2.82. The highest BCUT2D eigenvalue weighted by Crippen LogP contribution is 2.42. The minimum atomic E-state index is 0.102. The van der Waals surface area contributed by atoms with E-state index < -0.39 is 0 Å². The normalized spacial score (nSPS) is 39.2. The van der Waals surface area contributed by atoms with Gasteiger partial charge in [-0.05, 0) is 30.1 Å². The van der Waals surface area contributed by atoms with Crippen LogP contribution < -0.4 is 0 Å². The van der Waals surface area contributed by atoms with Crippen LogP contribution in [0.5, 0.6) is 0 Å². The monoisotopic (exact) mass is 198 g/mol. The van der Waals surface area contributed by atoms with Gasteiger partial charge in [-0.2, -0.15) is 0 Å². The Hall–Kier alpha value is -0.0800. The molecule has 14 heavy (non-hydrogen) atoms. The average molecular weight is 198 g/mol. The summed E-state index contributed by atoms with van der Waals surface area (Å²) in [6, 6.07) is 0. The molecule has 2 fully saturated rings. The summed E-state index contributed by atoms with van der Waals surface area (Å²) in [4.78, 5) is 0. The van der Waals surface area contributed by atoms with Crippen LogP contribution in [0.4, 0.5) is 0 Å². The van der Waals surface area contributed by atoms with Crippen molar-refractivity contribution in [2.24, 2.45) is 17.3 Å². The molecule has 0 aromatic carbocycles. The molecule has 0 radical (unpaired) electrons. The molecular formula is C12H22O2. The lowest BCUT2D eigenvalue weighted by atomic mass is 9.70. The van der Waals surface area contributed by atoms with Crippen molar-refractivity contribution in [2.45, 2.75) is 46.3 Å². The Morgan fingerprint density at radius 3 is 2.64 bits per heavy atom. The van der Waals surface area contributed by atoms with Crippen molar-refractivity contribution in [3.8, 4) is 0 Å². The largest absolute Gasteiger partial charge is 0.353 e. The molecule has 0 aromatic heterocycles. The second-order valence-electron chi connectivity index (χ2n) is 5.74. The Morgan fingerprint density at radius 2 is 1.93 bits per heavy atom. The third kappa shape index (κ3) is 2.12. The van der Waals surface area contributed by atoms with E-state index in [0.29, 0.717) is 5.41 Å². The van der Waals surface area contributed by atoms with E-state index in [0.717, 1.165) is 31.5 Å². The van der Waals surface area contributed by atoms with Crippen LogP contribution in [0.25, 0.3) is 0 Å². The Balaban J connectivity index is 2.07. The van der Waals surface area contributed by atoms with E-state index in [2.05, 4.69) is 20.8 Å². The SMILES string of the molecule is CC(C)(C)C1CCCOC2CC1CO2. The van der Waals surface area contributed by atoms with Gasteiger partial charge < -0.3 is 9.47 Å². The highest BCUT2D eigenvalue weighted by molar-refractivity contribution is 4.85. The lowest BCUT2D eigenvalue weighted by Crippen LogP contribution is -2.30. The molecule has 0 aromatic rings. The van der Waals surface area contributed by atoms with Crippen molar-refractivity contribution < 1.29 is 9.47 Å². The molecule has 2 heteroatoms. The summed E-state index contributed by atoms with van der Waals surface area (Å²) < 4.78 is 11.3. The molecule has 2 aliphatic heterocycles. The molecule has 3 unspecified atom stereocenters. The molecule has 0 aliphatic carbocycles. The van der Waals surface area contributed by atoms with Crippen molar-refractivity contribution in [3.63, 3.8) is 0 Å². The maximum absolute atomic E-state index is 5.64. The first-order chi connectivity index (χ1) is 6.57. The van der Waals surface area contributed by atoms with E-state index in [1.54, 1.807) is 0 Å². The quantitative estimate of drug-likeness (QED) is 0.596. The molecule has 0 spiro atoms. The molecule has 0 saturated carbocycles. The van der Waals surface area contributed by atoms with E-state index in [9.17, 15) is 0 Å². The van der Waals surface area contributed by atoms with Gasteiger partial charge in [0.15, 0.2) is 6.29 Å². The Labute approximate surface area is 87.0 Å². The Bertz CT molecular complexity index is 195. The van der Waals surface area contributed by atoms with E-state index >= 15 is 0 Å². The maximum atomic E-state index is 5.64. The minimum absolute atomic E-state index is 0.102. The van der Waals surface area contributed by atoms with Crippen molar-refractivity contribution in [1.29, 1.82) is 0 Å². The van der Waals surface area contributed by atoms with Crippen molar-refractivity contribution >= 4 is 0 Å². The first-order valence-corrected chi connectivity index (χ1v) is 5.80. The van der Waals surface area contributed by atoms with Gasteiger partial charge in [-0.1, -0.05) is 20.8 Å². The lowest BCUT2D eigenvalue weighted by molar-refractivity contribution is -0.112. The third-order valence-electron chi connectivity index (χ3n) is 3.64. The van der Waals surface area contributed by atoms with E-state index in [1.807, 2.05) is 0 Å². The predicted molar refractivity (Wildman–Crippen MR) is 56.0 cm³/mol. The van der Waals surface area contributed by atoms with Gasteiger partial charge in [0.05, 0.1) is 6.61 Å². The molecule has 2 saturated heterocycles. The van der Waals surface area contributed by atoms with E-state index in [-0.39, 0.29) is 6.29 Å². The van der Waals surface area contributed by atoms with Gasteiger partial charge in [0.25, 0.3) is 0 Å². The molecule has 0 N–H and O–H groups in total. The molecule has 3 atom stereocenters. The van der Waals surface area contributed by atoms with Gasteiger partial charge in [-0.3, -0.25) is 0 Å². The molecule has 2 nitrogen and oxygen atoms in total. The standard InChI is InChI=1S/C12H22O2/c1-12(2,3)10-5-4-6-13-11-7-9(10)8-14-11/h9-11H,4-8H2,1-3H3. The van der Waals surface area contributed by atoms with E-state index in [1.165, 1.54) is 12.8 Å². The van der Waals surface area contributed by atoms with Gasteiger partial charge in [-0.15, -0.1) is 0 Å². The summed E-state index contributed by atoms with van der Waals surface area (Å²) in [5.74, 6) is 1.52. The molecule has 0 amide bonds. The van der Waals surface area contributed by atoms with Crippen LogP contribution in [0, 0.1) is 17.3 Å². The smallest absolute Gasteiger partial charge is 0.157 e. The second-order valence-corrected chi connectivity index (χ2v) is 5.74. The zero-order chi connectivity index (χ0) is 10.2. The molecule has 2 heterocycles. The van der Waals surface area contributed by atoms with E-state index in [4.69, 9.17) is 9.47 Å². The van der Waals surface area contributed by atoms with Crippen LogP contribution >= 0.6 is 0 Å². The summed E-state index contributed by atoms with van der Waals surface area (Å²) >= 11 is 0. The summed E-state index contributed by atoms with van der Waals surface area (Å²) in [5, 5.41) is 0. The third-order valence-corrected chi connectivity index (χ3v) is 3.64. The lowest BCUT2D eigenvalue weighted by Gasteiger charge is -2.35. The fourth-order valence-corrected chi connectivity index (χ4v) is 2.90. The minimum Gasteiger partial charge on any atom is -0.353 e. The van der Waals surface area contributed by atoms with Crippen molar-refractivity contribution in [1.82, 2.24) is 0 Å². The number of rotatable bonds is 0.